The maximum Gasteiger partial charge on any atom is 0.325 e. The fourth-order valence-electron chi connectivity index (χ4n) is 1.61. The van der Waals surface area contributed by atoms with Crippen LogP contribution in [0.25, 0.3) is 0 Å². The van der Waals surface area contributed by atoms with E-state index in [9.17, 15) is 18.8 Å². The van der Waals surface area contributed by atoms with Gasteiger partial charge in [0.1, 0.15) is 5.82 Å². The zero-order chi connectivity index (χ0) is 16.0. The lowest BCUT2D eigenvalue weighted by Gasteiger charge is -2.10. The van der Waals surface area contributed by atoms with Gasteiger partial charge in [0.2, 0.25) is 5.91 Å². The first kappa shape index (κ1) is 17.3. The number of benzene rings is 1. The first-order valence-corrected chi connectivity index (χ1v) is 7.13. The molecule has 1 unspecified atom stereocenters. The molecular formula is C13H14FIN2O4. The number of carbonyl (C=O) groups excluding carboxylic acids is 2. The van der Waals surface area contributed by atoms with Crippen LogP contribution in [-0.4, -0.2) is 23.0 Å². The number of aliphatic carboxylic acids is 1. The predicted molar refractivity (Wildman–Crippen MR) is 82.3 cm³/mol. The van der Waals surface area contributed by atoms with Gasteiger partial charge in [-0.2, -0.15) is 0 Å². The Labute approximate surface area is 134 Å². The van der Waals surface area contributed by atoms with Gasteiger partial charge in [0.15, 0.2) is 0 Å². The van der Waals surface area contributed by atoms with Crippen LogP contribution in [0.2, 0.25) is 0 Å². The lowest BCUT2D eigenvalue weighted by atomic mass is 10.0. The molecule has 6 nitrogen and oxygen atoms in total. The fourth-order valence-corrected chi connectivity index (χ4v) is 2.22. The van der Waals surface area contributed by atoms with Crippen molar-refractivity contribution in [1.82, 2.24) is 5.32 Å². The number of hydrogen-bond acceptors (Lipinski definition) is 3. The minimum Gasteiger partial charge on any atom is -0.481 e. The van der Waals surface area contributed by atoms with Crippen LogP contribution in [0.5, 0.6) is 0 Å². The molecule has 0 aliphatic carbocycles. The zero-order valence-electron chi connectivity index (χ0n) is 11.2. The molecule has 0 heterocycles. The van der Waals surface area contributed by atoms with Gasteiger partial charge in [-0.1, -0.05) is 6.92 Å². The smallest absolute Gasteiger partial charge is 0.325 e. The normalized spacial score (nSPS) is 11.6. The summed E-state index contributed by atoms with van der Waals surface area (Å²) in [6, 6.07) is 3.07. The summed E-state index contributed by atoms with van der Waals surface area (Å²) in [6.45, 7) is 1.61. The van der Waals surface area contributed by atoms with Crippen molar-refractivity contribution in [2.75, 3.05) is 5.32 Å². The Balaban J connectivity index is 2.49. The van der Waals surface area contributed by atoms with E-state index >= 15 is 0 Å². The molecule has 1 aromatic carbocycles. The van der Waals surface area contributed by atoms with Crippen molar-refractivity contribution in [3.63, 3.8) is 0 Å². The van der Waals surface area contributed by atoms with E-state index in [-0.39, 0.29) is 18.8 Å². The highest BCUT2D eigenvalue weighted by Crippen LogP contribution is 2.18. The van der Waals surface area contributed by atoms with Crippen molar-refractivity contribution in [3.05, 3.63) is 27.6 Å². The number of carboxylic acid groups (broad SMARTS) is 1. The van der Waals surface area contributed by atoms with E-state index < -0.39 is 23.7 Å². The van der Waals surface area contributed by atoms with Crippen molar-refractivity contribution in [2.45, 2.75) is 19.8 Å². The second-order valence-electron chi connectivity index (χ2n) is 4.53. The number of rotatable bonds is 5. The number of urea groups is 1. The van der Waals surface area contributed by atoms with E-state index in [1.54, 1.807) is 6.92 Å². The fraction of sp³-hybridized carbons (Fsp3) is 0.308. The minimum atomic E-state index is -0.999. The van der Waals surface area contributed by atoms with Crippen LogP contribution in [0.4, 0.5) is 14.9 Å². The number of amides is 3. The van der Waals surface area contributed by atoms with Gasteiger partial charge in [-0.25, -0.2) is 9.18 Å². The maximum absolute atomic E-state index is 12.9. The van der Waals surface area contributed by atoms with Crippen molar-refractivity contribution in [3.8, 4) is 0 Å². The number of carbonyl (C=O) groups is 3. The first-order valence-electron chi connectivity index (χ1n) is 6.05. The molecule has 3 amide bonds. The third kappa shape index (κ3) is 6.52. The summed E-state index contributed by atoms with van der Waals surface area (Å²) in [7, 11) is 0. The third-order valence-corrected chi connectivity index (χ3v) is 3.38. The van der Waals surface area contributed by atoms with E-state index in [0.717, 1.165) is 0 Å². The largest absolute Gasteiger partial charge is 0.481 e. The zero-order valence-corrected chi connectivity index (χ0v) is 13.3. The molecule has 0 saturated heterocycles. The highest BCUT2D eigenvalue weighted by Gasteiger charge is 2.15. The van der Waals surface area contributed by atoms with Gasteiger partial charge >= 0.3 is 12.0 Å². The van der Waals surface area contributed by atoms with Gasteiger partial charge in [0.25, 0.3) is 0 Å². The molecule has 1 rings (SSSR count). The molecule has 0 spiro atoms. The van der Waals surface area contributed by atoms with Gasteiger partial charge in [-0.05, 0) is 46.7 Å². The van der Waals surface area contributed by atoms with Crippen LogP contribution >= 0.6 is 22.6 Å². The Bertz CT molecular complexity index is 565. The summed E-state index contributed by atoms with van der Waals surface area (Å²) < 4.78 is 13.4. The molecule has 3 N–H and O–H groups in total. The summed E-state index contributed by atoms with van der Waals surface area (Å²) in [5.74, 6) is -2.37. The number of imide groups is 1. The van der Waals surface area contributed by atoms with Crippen molar-refractivity contribution < 1.29 is 23.9 Å². The van der Waals surface area contributed by atoms with Gasteiger partial charge < -0.3 is 10.4 Å². The molecule has 8 heteroatoms. The van der Waals surface area contributed by atoms with E-state index in [0.29, 0.717) is 9.26 Å². The average Bonchev–Trinajstić information content (AvgIpc) is 2.31. The molecule has 0 bridgehead atoms. The molecule has 0 aromatic heterocycles. The number of halogens is 2. The van der Waals surface area contributed by atoms with Crippen LogP contribution in [-0.2, 0) is 9.59 Å². The molecule has 1 aromatic rings. The summed E-state index contributed by atoms with van der Waals surface area (Å²) >= 11 is 1.85. The molecular weight excluding hydrogens is 394 g/mol. The lowest BCUT2D eigenvalue weighted by Crippen LogP contribution is -2.35. The first-order chi connectivity index (χ1) is 9.77. The summed E-state index contributed by atoms with van der Waals surface area (Å²) in [6.07, 6.45) is -0.217. The maximum atomic E-state index is 12.9. The van der Waals surface area contributed by atoms with Crippen LogP contribution in [0.3, 0.4) is 0 Å². The predicted octanol–water partition coefficient (Wildman–Crippen LogP) is 2.58. The molecule has 0 radical (unpaired) electrons. The van der Waals surface area contributed by atoms with Gasteiger partial charge in [-0.15, -0.1) is 0 Å². The Morgan fingerprint density at radius 3 is 2.57 bits per heavy atom. The average molecular weight is 408 g/mol. The van der Waals surface area contributed by atoms with E-state index in [1.165, 1.54) is 18.2 Å². The molecule has 0 aliphatic heterocycles. The van der Waals surface area contributed by atoms with Gasteiger partial charge in [0, 0.05) is 16.4 Å². The summed E-state index contributed by atoms with van der Waals surface area (Å²) in [4.78, 5) is 33.6. The Hall–Kier alpha value is -1.71. The molecule has 0 fully saturated rings. The topological polar surface area (TPSA) is 95.5 Å². The van der Waals surface area contributed by atoms with Gasteiger partial charge in [0.05, 0.1) is 5.69 Å². The Kier molecular flexibility index (Phi) is 6.53. The van der Waals surface area contributed by atoms with Crippen LogP contribution in [0, 0.1) is 15.3 Å². The molecule has 1 atom stereocenters. The third-order valence-electron chi connectivity index (χ3n) is 2.49. The number of anilines is 1. The summed E-state index contributed by atoms with van der Waals surface area (Å²) in [5, 5.41) is 13.1. The minimum absolute atomic E-state index is 0.0692. The number of nitrogens with one attached hydrogen (secondary N) is 2. The van der Waals surface area contributed by atoms with Crippen molar-refractivity contribution in [2.24, 2.45) is 5.92 Å². The summed E-state index contributed by atoms with van der Waals surface area (Å²) in [5.41, 5.74) is 0.376. The van der Waals surface area contributed by atoms with E-state index in [4.69, 9.17) is 5.11 Å². The van der Waals surface area contributed by atoms with Crippen molar-refractivity contribution >= 4 is 46.2 Å². The number of hydrogen-bond donors (Lipinski definition) is 3. The number of carboxylic acids is 1. The highest BCUT2D eigenvalue weighted by molar-refractivity contribution is 14.1. The SMILES string of the molecule is CC(CC(=O)O)CC(=O)NC(=O)Nc1ccc(F)cc1I. The van der Waals surface area contributed by atoms with Crippen molar-refractivity contribution in [1.29, 1.82) is 0 Å². The van der Waals surface area contributed by atoms with E-state index in [2.05, 4.69) is 10.6 Å². The lowest BCUT2D eigenvalue weighted by molar-refractivity contribution is -0.138. The Morgan fingerprint density at radius 1 is 1.33 bits per heavy atom. The standard InChI is InChI=1S/C13H14FIN2O4/c1-7(5-12(19)20)4-11(18)17-13(21)16-10-3-2-8(14)6-9(10)15/h2-3,6-7H,4-5H2,1H3,(H,19,20)(H2,16,17,18,21). The van der Waals surface area contributed by atoms with E-state index in [1.807, 2.05) is 22.6 Å². The quantitative estimate of drug-likeness (QED) is 0.653. The van der Waals surface area contributed by atoms with Crippen LogP contribution < -0.4 is 10.6 Å². The highest BCUT2D eigenvalue weighted by atomic mass is 127. The molecule has 114 valence electrons. The van der Waals surface area contributed by atoms with Crippen LogP contribution in [0.15, 0.2) is 18.2 Å². The monoisotopic (exact) mass is 408 g/mol. The molecule has 0 saturated carbocycles. The second-order valence-corrected chi connectivity index (χ2v) is 5.70. The van der Waals surface area contributed by atoms with Gasteiger partial charge in [-0.3, -0.25) is 14.9 Å². The second kappa shape index (κ2) is 7.91. The Morgan fingerprint density at radius 2 is 2.00 bits per heavy atom. The molecule has 21 heavy (non-hydrogen) atoms. The molecule has 0 aliphatic rings. The van der Waals surface area contributed by atoms with Crippen LogP contribution in [0.1, 0.15) is 19.8 Å².